The number of aromatic hydroxyl groups is 12. The highest BCUT2D eigenvalue weighted by molar-refractivity contribution is 5.94. The molecule has 21 heteroatoms. The number of ether oxygens (including phenoxy) is 5. The van der Waals surface area contributed by atoms with Crippen molar-refractivity contribution in [2.45, 2.75) is 37.6 Å². The SMILES string of the molecule is C[C@H]1O[C@H](OC(=O)c2cc(O)c(O)c(O)c2)[C@H](OC(=O)c2cc(O)c(O)c(O)c2)[C@@H](OC(=O)c2cc(O)c(O)c(O)c2)[C@@H]1OC(=O)c1cc(O)c(O)c(O)c1. The lowest BCUT2D eigenvalue weighted by Gasteiger charge is -2.43. The second-order valence-corrected chi connectivity index (χ2v) is 11.7. The Kier molecular flexibility index (Phi) is 10.3. The summed E-state index contributed by atoms with van der Waals surface area (Å²) in [5.41, 5.74) is -2.60. The monoisotopic (exact) mass is 772 g/mol. The van der Waals surface area contributed by atoms with Gasteiger partial charge in [-0.3, -0.25) is 0 Å². The molecule has 0 unspecified atom stereocenters. The molecule has 0 saturated carbocycles. The van der Waals surface area contributed by atoms with Gasteiger partial charge in [0.2, 0.25) is 12.4 Å². The van der Waals surface area contributed by atoms with Crippen LogP contribution in [0.5, 0.6) is 69.0 Å². The number of carbonyl (C=O) groups is 4. The van der Waals surface area contributed by atoms with Crippen LogP contribution in [0.4, 0.5) is 0 Å². The summed E-state index contributed by atoms with van der Waals surface area (Å²) >= 11 is 0. The Morgan fingerprint density at radius 1 is 0.400 bits per heavy atom. The van der Waals surface area contributed by atoms with Crippen molar-refractivity contribution in [2.24, 2.45) is 0 Å². The van der Waals surface area contributed by atoms with Crippen LogP contribution in [0.25, 0.3) is 0 Å². The molecular formula is C34H28O21. The molecule has 0 aromatic heterocycles. The lowest BCUT2D eigenvalue weighted by atomic mass is 9.98. The zero-order valence-corrected chi connectivity index (χ0v) is 27.5. The molecule has 12 N–H and O–H groups in total. The average molecular weight is 773 g/mol. The van der Waals surface area contributed by atoms with Crippen LogP contribution in [0, 0.1) is 0 Å². The molecule has 0 radical (unpaired) electrons. The molecule has 1 saturated heterocycles. The molecule has 5 atom stereocenters. The van der Waals surface area contributed by atoms with E-state index in [9.17, 15) is 80.5 Å². The topological polar surface area (TPSA) is 357 Å². The van der Waals surface area contributed by atoms with Gasteiger partial charge in [-0.25, -0.2) is 19.2 Å². The summed E-state index contributed by atoms with van der Waals surface area (Å²) in [6.45, 7) is 1.16. The third-order valence-electron chi connectivity index (χ3n) is 7.90. The van der Waals surface area contributed by atoms with E-state index in [0.29, 0.717) is 48.5 Å². The van der Waals surface area contributed by atoms with E-state index in [4.69, 9.17) is 23.7 Å². The molecule has 21 nitrogen and oxygen atoms in total. The van der Waals surface area contributed by atoms with Gasteiger partial charge in [0.25, 0.3) is 0 Å². The molecule has 1 aliphatic heterocycles. The number of phenols is 12. The van der Waals surface area contributed by atoms with E-state index in [1.54, 1.807) is 0 Å². The van der Waals surface area contributed by atoms with E-state index in [1.807, 2.05) is 0 Å². The van der Waals surface area contributed by atoms with Crippen molar-refractivity contribution in [3.05, 3.63) is 70.8 Å². The third-order valence-corrected chi connectivity index (χ3v) is 7.90. The molecule has 5 rings (SSSR count). The summed E-state index contributed by atoms with van der Waals surface area (Å²) in [5, 5.41) is 119. The van der Waals surface area contributed by atoms with Gasteiger partial charge in [-0.1, -0.05) is 0 Å². The second kappa shape index (κ2) is 14.7. The Morgan fingerprint density at radius 3 is 0.927 bits per heavy atom. The summed E-state index contributed by atoms with van der Waals surface area (Å²) in [6, 6.07) is 5.16. The number of carbonyl (C=O) groups excluding carboxylic acids is 4. The van der Waals surface area contributed by atoms with Crippen molar-refractivity contribution in [1.82, 2.24) is 0 Å². The quantitative estimate of drug-likeness (QED) is 0.0689. The van der Waals surface area contributed by atoms with Crippen molar-refractivity contribution in [3.63, 3.8) is 0 Å². The van der Waals surface area contributed by atoms with Crippen LogP contribution in [0.3, 0.4) is 0 Å². The van der Waals surface area contributed by atoms with Crippen LogP contribution in [0.15, 0.2) is 48.5 Å². The summed E-state index contributed by atoms with van der Waals surface area (Å²) in [7, 11) is 0. The highest BCUT2D eigenvalue weighted by Crippen LogP contribution is 2.40. The van der Waals surface area contributed by atoms with Crippen LogP contribution in [0.1, 0.15) is 48.4 Å². The normalized spacial score (nSPS) is 19.2. The van der Waals surface area contributed by atoms with Crippen LogP contribution in [-0.2, 0) is 23.7 Å². The standard InChI is InChI=1S/C34H28O21/c1-10-27(52-30(47)11-2-15(35)23(43)16(36)3-11)28(53-31(48)12-4-17(37)24(44)18(38)5-12)29(54-32(49)13-6-19(39)25(45)20(40)7-13)34(51-10)55-33(50)14-8-21(41)26(46)22(42)9-14/h2-10,27-29,34-46H,1H3/t10-,27-,28+,29-,34-/m1/s1. The molecule has 0 amide bonds. The molecule has 1 fully saturated rings. The fourth-order valence-corrected chi connectivity index (χ4v) is 5.13. The first kappa shape index (κ1) is 38.5. The Morgan fingerprint density at radius 2 is 0.636 bits per heavy atom. The van der Waals surface area contributed by atoms with E-state index in [2.05, 4.69) is 0 Å². The van der Waals surface area contributed by atoms with E-state index < -0.39 is 146 Å². The first-order valence-corrected chi connectivity index (χ1v) is 15.3. The van der Waals surface area contributed by atoms with Gasteiger partial charge < -0.3 is 85.0 Å². The average Bonchev–Trinajstić information content (AvgIpc) is 3.12. The predicted molar refractivity (Wildman–Crippen MR) is 173 cm³/mol. The molecule has 0 aliphatic carbocycles. The molecule has 4 aromatic rings. The summed E-state index contributed by atoms with van der Waals surface area (Å²) in [5.74, 6) is -17.9. The maximum atomic E-state index is 13.5. The minimum absolute atomic E-state index is 0.609. The minimum Gasteiger partial charge on any atom is -0.504 e. The molecule has 290 valence electrons. The van der Waals surface area contributed by atoms with Gasteiger partial charge in [0.05, 0.1) is 28.4 Å². The number of benzene rings is 4. The molecule has 0 spiro atoms. The lowest BCUT2D eigenvalue weighted by molar-refractivity contribution is -0.274. The Hall–Kier alpha value is -7.68. The smallest absolute Gasteiger partial charge is 0.340 e. The van der Waals surface area contributed by atoms with Gasteiger partial charge in [-0.2, -0.15) is 0 Å². The fraction of sp³-hybridized carbons (Fsp3) is 0.176. The van der Waals surface area contributed by atoms with E-state index in [-0.39, 0.29) is 0 Å². The van der Waals surface area contributed by atoms with Gasteiger partial charge in [-0.15, -0.1) is 0 Å². The van der Waals surface area contributed by atoms with Crippen LogP contribution in [0.2, 0.25) is 0 Å². The highest BCUT2D eigenvalue weighted by atomic mass is 16.7. The van der Waals surface area contributed by atoms with Gasteiger partial charge in [-0.05, 0) is 55.5 Å². The Labute approximate surface area is 305 Å². The Balaban J connectivity index is 1.61. The van der Waals surface area contributed by atoms with Gasteiger partial charge in [0.15, 0.2) is 81.2 Å². The highest BCUT2D eigenvalue weighted by Gasteiger charge is 2.53. The third kappa shape index (κ3) is 7.75. The minimum atomic E-state index is -2.27. The number of rotatable bonds is 8. The molecule has 0 bridgehead atoms. The van der Waals surface area contributed by atoms with E-state index >= 15 is 0 Å². The van der Waals surface area contributed by atoms with Crippen molar-refractivity contribution < 1.29 is 104 Å². The first-order valence-electron chi connectivity index (χ1n) is 15.3. The van der Waals surface area contributed by atoms with Crippen molar-refractivity contribution in [3.8, 4) is 69.0 Å². The molecule has 1 heterocycles. The van der Waals surface area contributed by atoms with Gasteiger partial charge in [0.1, 0.15) is 0 Å². The first-order chi connectivity index (χ1) is 25.8. The number of esters is 4. The van der Waals surface area contributed by atoms with E-state index in [0.717, 1.165) is 6.92 Å². The van der Waals surface area contributed by atoms with Crippen LogP contribution >= 0.6 is 0 Å². The molecule has 4 aromatic carbocycles. The summed E-state index contributed by atoms with van der Waals surface area (Å²) in [4.78, 5) is 53.6. The largest absolute Gasteiger partial charge is 0.504 e. The zero-order valence-electron chi connectivity index (χ0n) is 27.5. The second-order valence-electron chi connectivity index (χ2n) is 11.7. The number of hydrogen-bond acceptors (Lipinski definition) is 21. The predicted octanol–water partition coefficient (Wildman–Crippen LogP) is 1.73. The molecular weight excluding hydrogens is 744 g/mol. The Bertz CT molecular complexity index is 2120. The summed E-state index contributed by atoms with van der Waals surface area (Å²) < 4.78 is 27.6. The molecule has 1 aliphatic rings. The number of phenolic OH excluding ortho intramolecular Hbond substituents is 12. The fourth-order valence-electron chi connectivity index (χ4n) is 5.13. The van der Waals surface area contributed by atoms with Gasteiger partial charge in [0, 0.05) is 0 Å². The van der Waals surface area contributed by atoms with Gasteiger partial charge >= 0.3 is 23.9 Å². The van der Waals surface area contributed by atoms with Crippen molar-refractivity contribution >= 4 is 23.9 Å². The lowest BCUT2D eigenvalue weighted by Crippen LogP contribution is -2.61. The van der Waals surface area contributed by atoms with Crippen molar-refractivity contribution in [2.75, 3.05) is 0 Å². The number of hydrogen-bond donors (Lipinski definition) is 12. The maximum Gasteiger partial charge on any atom is 0.340 e. The zero-order chi connectivity index (χ0) is 40.6. The maximum absolute atomic E-state index is 13.5. The van der Waals surface area contributed by atoms with Crippen molar-refractivity contribution in [1.29, 1.82) is 0 Å². The van der Waals surface area contributed by atoms with Crippen LogP contribution in [-0.4, -0.2) is 116 Å². The van der Waals surface area contributed by atoms with Crippen LogP contribution < -0.4 is 0 Å². The summed E-state index contributed by atoms with van der Waals surface area (Å²) in [6.07, 6.45) is -10.2. The molecule has 55 heavy (non-hydrogen) atoms. The van der Waals surface area contributed by atoms with E-state index in [1.165, 1.54) is 0 Å².